The Morgan fingerprint density at radius 3 is 2.15 bits per heavy atom. The van der Waals surface area contributed by atoms with Gasteiger partial charge in [0.25, 0.3) is 0 Å². The largest absolute Gasteiger partial charge is 0.497 e. The van der Waals surface area contributed by atoms with Crippen molar-refractivity contribution in [3.8, 4) is 22.9 Å². The highest BCUT2D eigenvalue weighted by Gasteiger charge is 2.18. The molecule has 33 heavy (non-hydrogen) atoms. The van der Waals surface area contributed by atoms with Gasteiger partial charge in [0.05, 0.1) is 20.8 Å². The zero-order valence-electron chi connectivity index (χ0n) is 18.6. The average Bonchev–Trinajstić information content (AvgIpc) is 3.36. The Hall–Kier alpha value is -4.13. The number of rotatable bonds is 9. The number of hydrogen-bond donors (Lipinski definition) is 0. The van der Waals surface area contributed by atoms with Crippen molar-refractivity contribution >= 4 is 11.6 Å². The number of aromatic nitrogens is 2. The van der Waals surface area contributed by atoms with Gasteiger partial charge < -0.3 is 18.9 Å². The van der Waals surface area contributed by atoms with Gasteiger partial charge in [0.1, 0.15) is 11.5 Å². The minimum absolute atomic E-state index is 0.0341. The number of ether oxygens (including phenoxy) is 2. The molecule has 4 rings (SSSR count). The highest BCUT2D eigenvalue weighted by atomic mass is 16.5. The lowest BCUT2D eigenvalue weighted by molar-refractivity contribution is -0.118. The van der Waals surface area contributed by atoms with Crippen LogP contribution >= 0.6 is 0 Å². The van der Waals surface area contributed by atoms with Crippen LogP contribution in [0.25, 0.3) is 11.4 Å². The second kappa shape index (κ2) is 10.5. The summed E-state index contributed by atoms with van der Waals surface area (Å²) in [6.45, 7) is 0.465. The molecule has 1 aromatic heterocycles. The molecular weight excluding hydrogens is 418 g/mol. The number of amides is 1. The molecule has 0 atom stereocenters. The molecular formula is C26H25N3O4. The van der Waals surface area contributed by atoms with E-state index in [1.165, 1.54) is 0 Å². The van der Waals surface area contributed by atoms with Crippen LogP contribution in [0.1, 0.15) is 17.9 Å². The SMILES string of the molecule is COc1ccc(-c2noc(CCC(=O)N(Cc3ccccc3)c3ccc(OC)cc3)n2)cc1. The van der Waals surface area contributed by atoms with Crippen molar-refractivity contribution in [3.63, 3.8) is 0 Å². The van der Waals surface area contributed by atoms with Gasteiger partial charge >= 0.3 is 0 Å². The molecule has 0 radical (unpaired) electrons. The summed E-state index contributed by atoms with van der Waals surface area (Å²) in [7, 11) is 3.23. The third-order valence-electron chi connectivity index (χ3n) is 5.24. The summed E-state index contributed by atoms with van der Waals surface area (Å²) in [4.78, 5) is 19.4. The Morgan fingerprint density at radius 1 is 0.879 bits per heavy atom. The molecule has 0 spiro atoms. The molecule has 0 fully saturated rings. The lowest BCUT2D eigenvalue weighted by Crippen LogP contribution is -2.30. The van der Waals surface area contributed by atoms with Crippen molar-refractivity contribution < 1.29 is 18.8 Å². The smallest absolute Gasteiger partial charge is 0.227 e. The zero-order valence-corrected chi connectivity index (χ0v) is 18.6. The monoisotopic (exact) mass is 443 g/mol. The van der Waals surface area contributed by atoms with Crippen molar-refractivity contribution in [2.75, 3.05) is 19.1 Å². The zero-order chi connectivity index (χ0) is 23.0. The summed E-state index contributed by atoms with van der Waals surface area (Å²) in [5.74, 6) is 2.36. The van der Waals surface area contributed by atoms with Crippen LogP contribution in [0.4, 0.5) is 5.69 Å². The normalized spacial score (nSPS) is 10.6. The summed E-state index contributed by atoms with van der Waals surface area (Å²) in [5.41, 5.74) is 2.66. The molecule has 0 aliphatic heterocycles. The van der Waals surface area contributed by atoms with Crippen LogP contribution in [0, 0.1) is 0 Å². The van der Waals surface area contributed by atoms with Crippen molar-refractivity contribution in [2.24, 2.45) is 0 Å². The van der Waals surface area contributed by atoms with Gasteiger partial charge in [-0.2, -0.15) is 4.98 Å². The van der Waals surface area contributed by atoms with Gasteiger partial charge in [-0.15, -0.1) is 0 Å². The Labute approximate surface area is 192 Å². The van der Waals surface area contributed by atoms with Crippen LogP contribution in [0.5, 0.6) is 11.5 Å². The van der Waals surface area contributed by atoms with E-state index < -0.39 is 0 Å². The second-order valence-electron chi connectivity index (χ2n) is 7.40. The van der Waals surface area contributed by atoms with Gasteiger partial charge in [-0.25, -0.2) is 0 Å². The minimum atomic E-state index is -0.0341. The lowest BCUT2D eigenvalue weighted by Gasteiger charge is -2.23. The van der Waals surface area contributed by atoms with E-state index in [0.29, 0.717) is 24.7 Å². The van der Waals surface area contributed by atoms with Crippen LogP contribution in [-0.4, -0.2) is 30.3 Å². The Balaban J connectivity index is 1.46. The predicted octanol–water partition coefficient (Wildman–Crippen LogP) is 4.92. The van der Waals surface area contributed by atoms with Gasteiger partial charge in [-0.3, -0.25) is 4.79 Å². The van der Waals surface area contributed by atoms with E-state index in [2.05, 4.69) is 10.1 Å². The number of benzene rings is 3. The summed E-state index contributed by atoms with van der Waals surface area (Å²) < 4.78 is 15.8. The van der Waals surface area contributed by atoms with Crippen LogP contribution < -0.4 is 14.4 Å². The molecule has 3 aromatic carbocycles. The van der Waals surface area contributed by atoms with E-state index >= 15 is 0 Å². The molecule has 0 aliphatic rings. The molecule has 4 aromatic rings. The molecule has 7 heteroatoms. The van der Waals surface area contributed by atoms with Crippen LogP contribution in [0.3, 0.4) is 0 Å². The Kier molecular flexibility index (Phi) is 6.99. The summed E-state index contributed by atoms with van der Waals surface area (Å²) in [6.07, 6.45) is 0.590. The number of anilines is 1. The van der Waals surface area contributed by atoms with Gasteiger partial charge in [-0.1, -0.05) is 35.5 Å². The van der Waals surface area contributed by atoms with Crippen LogP contribution in [0.15, 0.2) is 83.4 Å². The third-order valence-corrected chi connectivity index (χ3v) is 5.24. The maximum Gasteiger partial charge on any atom is 0.227 e. The molecule has 1 amide bonds. The number of nitrogens with zero attached hydrogens (tertiary/aromatic N) is 3. The molecule has 0 unspecified atom stereocenters. The standard InChI is InChI=1S/C26H25N3O4/c1-31-22-12-8-20(9-13-22)26-27-24(33-28-26)16-17-25(30)29(18-19-6-4-3-5-7-19)21-10-14-23(32-2)15-11-21/h3-15H,16-18H2,1-2H3. The third kappa shape index (κ3) is 5.57. The molecule has 1 heterocycles. The Bertz CT molecular complexity index is 1170. The number of hydrogen-bond acceptors (Lipinski definition) is 6. The molecule has 168 valence electrons. The fourth-order valence-corrected chi connectivity index (χ4v) is 3.41. The first-order valence-corrected chi connectivity index (χ1v) is 10.6. The van der Waals surface area contributed by atoms with E-state index in [1.807, 2.05) is 78.9 Å². The van der Waals surface area contributed by atoms with Crippen molar-refractivity contribution in [1.82, 2.24) is 10.1 Å². The number of methoxy groups -OCH3 is 2. The van der Waals surface area contributed by atoms with Crippen molar-refractivity contribution in [1.29, 1.82) is 0 Å². The molecule has 0 saturated heterocycles. The summed E-state index contributed by atoms with van der Waals surface area (Å²) in [6, 6.07) is 24.8. The number of carbonyl (C=O) groups excluding carboxylic acids is 1. The second-order valence-corrected chi connectivity index (χ2v) is 7.40. The van der Waals surface area contributed by atoms with Crippen LogP contribution in [0.2, 0.25) is 0 Å². The van der Waals surface area contributed by atoms with Crippen molar-refractivity contribution in [2.45, 2.75) is 19.4 Å². The summed E-state index contributed by atoms with van der Waals surface area (Å²) >= 11 is 0. The maximum absolute atomic E-state index is 13.2. The maximum atomic E-state index is 13.2. The average molecular weight is 444 g/mol. The van der Waals surface area contributed by atoms with E-state index in [4.69, 9.17) is 14.0 Å². The predicted molar refractivity (Wildman–Crippen MR) is 125 cm³/mol. The number of aryl methyl sites for hydroxylation is 1. The fraction of sp³-hybridized carbons (Fsp3) is 0.192. The minimum Gasteiger partial charge on any atom is -0.497 e. The van der Waals surface area contributed by atoms with E-state index in [1.54, 1.807) is 19.1 Å². The fourth-order valence-electron chi connectivity index (χ4n) is 3.41. The van der Waals surface area contributed by atoms with Gasteiger partial charge in [0, 0.05) is 24.1 Å². The van der Waals surface area contributed by atoms with Gasteiger partial charge in [0.2, 0.25) is 17.6 Å². The first-order chi connectivity index (χ1) is 16.2. The topological polar surface area (TPSA) is 77.7 Å². The van der Waals surface area contributed by atoms with Gasteiger partial charge in [0.15, 0.2) is 0 Å². The first-order valence-electron chi connectivity index (χ1n) is 10.6. The van der Waals surface area contributed by atoms with E-state index in [-0.39, 0.29) is 12.3 Å². The Morgan fingerprint density at radius 2 is 1.52 bits per heavy atom. The first kappa shape index (κ1) is 22.1. The van der Waals surface area contributed by atoms with Crippen molar-refractivity contribution in [3.05, 3.63) is 90.3 Å². The number of carbonyl (C=O) groups is 1. The van der Waals surface area contributed by atoms with E-state index in [9.17, 15) is 4.79 Å². The lowest BCUT2D eigenvalue weighted by atomic mass is 10.1. The molecule has 0 saturated carbocycles. The highest BCUT2D eigenvalue weighted by Crippen LogP contribution is 2.23. The molecule has 0 N–H and O–H groups in total. The quantitative estimate of drug-likeness (QED) is 0.365. The van der Waals surface area contributed by atoms with E-state index in [0.717, 1.165) is 28.3 Å². The highest BCUT2D eigenvalue weighted by molar-refractivity contribution is 5.93. The van der Waals surface area contributed by atoms with Crippen LogP contribution in [-0.2, 0) is 17.8 Å². The molecule has 7 nitrogen and oxygen atoms in total. The van der Waals surface area contributed by atoms with Gasteiger partial charge in [-0.05, 0) is 54.1 Å². The molecule has 0 aliphatic carbocycles. The summed E-state index contributed by atoms with van der Waals surface area (Å²) in [5, 5.41) is 4.04. The molecule has 0 bridgehead atoms.